The molecular formula is C17H19F3N4O5. The summed E-state index contributed by atoms with van der Waals surface area (Å²) in [5, 5.41) is 14.9. The molecule has 0 amide bonds. The first kappa shape index (κ1) is 22.1. The highest BCUT2D eigenvalue weighted by atomic mass is 19.4. The molecule has 2 heterocycles. The monoisotopic (exact) mass is 416 g/mol. The number of nitro groups is 1. The van der Waals surface area contributed by atoms with Crippen molar-refractivity contribution in [1.29, 1.82) is 0 Å². The first-order valence-electron chi connectivity index (χ1n) is 8.42. The van der Waals surface area contributed by atoms with Gasteiger partial charge in [0.2, 0.25) is 5.78 Å². The molecule has 0 unspecified atom stereocenters. The van der Waals surface area contributed by atoms with Crippen LogP contribution in [0.4, 0.5) is 18.9 Å². The lowest BCUT2D eigenvalue weighted by Crippen LogP contribution is -2.21. The van der Waals surface area contributed by atoms with Crippen molar-refractivity contribution in [1.82, 2.24) is 14.3 Å². The van der Waals surface area contributed by atoms with Gasteiger partial charge in [-0.05, 0) is 33.8 Å². The van der Waals surface area contributed by atoms with E-state index in [0.717, 1.165) is 9.25 Å². The normalized spacial score (nSPS) is 11.6. The van der Waals surface area contributed by atoms with Crippen molar-refractivity contribution < 1.29 is 32.4 Å². The second-order valence-electron chi connectivity index (χ2n) is 6.50. The highest BCUT2D eigenvalue weighted by Crippen LogP contribution is 2.24. The molecule has 0 fully saturated rings. The molecule has 0 aromatic carbocycles. The Hall–Kier alpha value is -3.18. The summed E-state index contributed by atoms with van der Waals surface area (Å²) < 4.78 is 44.9. The first-order chi connectivity index (χ1) is 13.3. The second kappa shape index (κ2) is 8.05. The van der Waals surface area contributed by atoms with E-state index in [2.05, 4.69) is 5.10 Å². The van der Waals surface area contributed by atoms with Crippen LogP contribution in [0.25, 0.3) is 0 Å². The van der Waals surface area contributed by atoms with Gasteiger partial charge in [0.25, 0.3) is 0 Å². The van der Waals surface area contributed by atoms with E-state index in [1.807, 2.05) is 0 Å². The van der Waals surface area contributed by atoms with Crippen molar-refractivity contribution in [2.75, 3.05) is 6.61 Å². The molecular weight excluding hydrogens is 397 g/mol. The fraction of sp³-hybridized carbons (Fsp3) is 0.471. The molecule has 0 saturated carbocycles. The van der Waals surface area contributed by atoms with Gasteiger partial charge in [0.15, 0.2) is 6.61 Å². The summed E-state index contributed by atoms with van der Waals surface area (Å²) in [4.78, 5) is 34.6. The van der Waals surface area contributed by atoms with Crippen LogP contribution in [-0.2, 0) is 22.6 Å². The Kier molecular flexibility index (Phi) is 6.14. The Balaban J connectivity index is 2.05. The summed E-state index contributed by atoms with van der Waals surface area (Å²) in [5.74, 6) is -1.51. The Bertz CT molecular complexity index is 975. The lowest BCUT2D eigenvalue weighted by Gasteiger charge is -2.12. The van der Waals surface area contributed by atoms with Gasteiger partial charge in [-0.1, -0.05) is 0 Å². The predicted octanol–water partition coefficient (Wildman–Crippen LogP) is 2.81. The standard InChI is InChI=1S/C17H19F3N4O5/c1-9-5-13(11(3)22(9)8-17(18,19)20)14(25)7-29-15(26)6-23-12(4)16(24(27)28)10(2)21-23/h5H,6-8H2,1-4H3. The van der Waals surface area contributed by atoms with Gasteiger partial charge in [0.05, 0.1) is 4.92 Å². The van der Waals surface area contributed by atoms with Gasteiger partial charge < -0.3 is 9.30 Å². The second-order valence-corrected chi connectivity index (χ2v) is 6.50. The Morgan fingerprint density at radius 2 is 1.83 bits per heavy atom. The van der Waals surface area contributed by atoms with Crippen LogP contribution in [0.15, 0.2) is 6.07 Å². The molecule has 0 aliphatic heterocycles. The molecule has 0 aliphatic rings. The highest BCUT2D eigenvalue weighted by molar-refractivity contribution is 5.99. The number of carbonyl (C=O) groups is 2. The maximum atomic E-state index is 12.7. The minimum absolute atomic E-state index is 0.0290. The van der Waals surface area contributed by atoms with Crippen LogP contribution < -0.4 is 0 Å². The molecule has 0 aliphatic carbocycles. The van der Waals surface area contributed by atoms with Crippen LogP contribution in [0.2, 0.25) is 0 Å². The summed E-state index contributed by atoms with van der Waals surface area (Å²) >= 11 is 0. The maximum absolute atomic E-state index is 12.7. The number of hydrogen-bond donors (Lipinski definition) is 0. The Labute approximate surface area is 163 Å². The van der Waals surface area contributed by atoms with Crippen molar-refractivity contribution in [3.05, 3.63) is 44.5 Å². The zero-order chi connectivity index (χ0) is 22.1. The smallest absolute Gasteiger partial charge is 0.406 e. The molecule has 0 N–H and O–H groups in total. The van der Waals surface area contributed by atoms with Crippen LogP contribution in [-0.4, -0.2) is 43.8 Å². The molecule has 0 saturated heterocycles. The molecule has 158 valence electrons. The van der Waals surface area contributed by atoms with Crippen molar-refractivity contribution >= 4 is 17.4 Å². The van der Waals surface area contributed by atoms with E-state index in [0.29, 0.717) is 0 Å². The minimum Gasteiger partial charge on any atom is -0.456 e. The molecule has 2 aromatic rings. The number of ether oxygens (including phenoxy) is 1. The number of halogens is 3. The predicted molar refractivity (Wildman–Crippen MR) is 93.6 cm³/mol. The fourth-order valence-electron chi connectivity index (χ4n) is 3.00. The Morgan fingerprint density at radius 3 is 2.34 bits per heavy atom. The SMILES string of the molecule is Cc1nn(CC(=O)OCC(=O)c2cc(C)n(CC(F)(F)F)c2C)c(C)c1[N+](=O)[O-]. The van der Waals surface area contributed by atoms with E-state index >= 15 is 0 Å². The molecule has 0 radical (unpaired) electrons. The zero-order valence-corrected chi connectivity index (χ0v) is 16.2. The van der Waals surface area contributed by atoms with Crippen LogP contribution in [0, 0.1) is 37.8 Å². The van der Waals surface area contributed by atoms with Gasteiger partial charge in [-0.25, -0.2) is 0 Å². The molecule has 0 atom stereocenters. The van der Waals surface area contributed by atoms with Crippen LogP contribution in [0.1, 0.15) is 33.1 Å². The van der Waals surface area contributed by atoms with E-state index in [9.17, 15) is 32.9 Å². The summed E-state index contributed by atoms with van der Waals surface area (Å²) in [5.41, 5.74) is 0.478. The number of esters is 1. The van der Waals surface area contributed by atoms with E-state index in [1.165, 1.54) is 33.8 Å². The molecule has 9 nitrogen and oxygen atoms in total. The number of nitrogens with zero attached hydrogens (tertiary/aromatic N) is 4. The average Bonchev–Trinajstić information content (AvgIpc) is 3.01. The number of aryl methyl sites for hydroxylation is 2. The summed E-state index contributed by atoms with van der Waals surface area (Å²) in [6, 6.07) is 1.31. The first-order valence-corrected chi connectivity index (χ1v) is 8.42. The molecule has 29 heavy (non-hydrogen) atoms. The highest BCUT2D eigenvalue weighted by Gasteiger charge is 2.30. The van der Waals surface area contributed by atoms with E-state index in [4.69, 9.17) is 4.74 Å². The number of alkyl halides is 3. The van der Waals surface area contributed by atoms with Crippen LogP contribution in [0.5, 0.6) is 0 Å². The lowest BCUT2D eigenvalue weighted by molar-refractivity contribution is -0.386. The summed E-state index contributed by atoms with van der Waals surface area (Å²) in [6.07, 6.45) is -4.44. The van der Waals surface area contributed by atoms with Gasteiger partial charge >= 0.3 is 17.8 Å². The van der Waals surface area contributed by atoms with Gasteiger partial charge in [0.1, 0.15) is 24.5 Å². The van der Waals surface area contributed by atoms with Crippen molar-refractivity contribution in [3.63, 3.8) is 0 Å². The minimum atomic E-state index is -4.44. The van der Waals surface area contributed by atoms with E-state index < -0.39 is 42.5 Å². The zero-order valence-electron chi connectivity index (χ0n) is 16.2. The largest absolute Gasteiger partial charge is 0.456 e. The van der Waals surface area contributed by atoms with Crippen LogP contribution in [0.3, 0.4) is 0 Å². The van der Waals surface area contributed by atoms with Crippen molar-refractivity contribution in [2.45, 2.75) is 47.0 Å². The molecule has 2 rings (SSSR count). The van der Waals surface area contributed by atoms with Gasteiger partial charge in [-0.15, -0.1) is 0 Å². The number of aromatic nitrogens is 3. The van der Waals surface area contributed by atoms with Gasteiger partial charge in [0, 0.05) is 17.0 Å². The van der Waals surface area contributed by atoms with E-state index in [-0.39, 0.29) is 34.0 Å². The van der Waals surface area contributed by atoms with Gasteiger partial charge in [-0.2, -0.15) is 18.3 Å². The van der Waals surface area contributed by atoms with Crippen LogP contribution >= 0.6 is 0 Å². The quantitative estimate of drug-likeness (QED) is 0.297. The van der Waals surface area contributed by atoms with Crippen molar-refractivity contribution in [2.24, 2.45) is 0 Å². The molecule has 0 bridgehead atoms. The van der Waals surface area contributed by atoms with Gasteiger partial charge in [-0.3, -0.25) is 24.4 Å². The summed E-state index contributed by atoms with van der Waals surface area (Å²) in [6.45, 7) is 3.32. The number of carbonyl (C=O) groups excluding carboxylic acids is 2. The number of ketones is 1. The number of hydrogen-bond acceptors (Lipinski definition) is 6. The topological polar surface area (TPSA) is 109 Å². The number of rotatable bonds is 7. The van der Waals surface area contributed by atoms with Crippen molar-refractivity contribution in [3.8, 4) is 0 Å². The molecule has 0 spiro atoms. The number of Topliss-reactive ketones (excluding diaryl/α,β-unsaturated/α-hetero) is 1. The molecule has 12 heteroatoms. The Morgan fingerprint density at radius 1 is 1.21 bits per heavy atom. The third-order valence-electron chi connectivity index (χ3n) is 4.38. The summed E-state index contributed by atoms with van der Waals surface area (Å²) in [7, 11) is 0. The third kappa shape index (κ3) is 5.00. The maximum Gasteiger partial charge on any atom is 0.406 e. The average molecular weight is 416 g/mol. The lowest BCUT2D eigenvalue weighted by atomic mass is 10.1. The fourth-order valence-corrected chi connectivity index (χ4v) is 3.00. The van der Waals surface area contributed by atoms with E-state index in [1.54, 1.807) is 0 Å². The third-order valence-corrected chi connectivity index (χ3v) is 4.38. The molecule has 2 aromatic heterocycles.